The molecule has 10 heteroatoms. The maximum Gasteiger partial charge on any atom is 0.673 e. The fourth-order valence-corrected chi connectivity index (χ4v) is 2.92. The summed E-state index contributed by atoms with van der Waals surface area (Å²) in [5.74, 6) is 4.15. The van der Waals surface area contributed by atoms with Crippen molar-refractivity contribution < 1.29 is 21.8 Å². The summed E-state index contributed by atoms with van der Waals surface area (Å²) in [5.41, 5.74) is 2.86. The van der Waals surface area contributed by atoms with E-state index in [4.69, 9.17) is 10.5 Å². The second-order valence-corrected chi connectivity index (χ2v) is 5.41. The molecule has 0 spiro atoms. The van der Waals surface area contributed by atoms with Crippen LogP contribution in [0.4, 0.5) is 17.3 Å². The molecular weight excluding hydrogens is 306 g/mol. The number of benzene rings is 1. The molecule has 0 saturated carbocycles. The Morgan fingerprint density at radius 3 is 2.05 bits per heavy atom. The van der Waals surface area contributed by atoms with Crippen molar-refractivity contribution in [3.63, 3.8) is 0 Å². The molecule has 2 aromatic rings. The number of halogens is 4. The van der Waals surface area contributed by atoms with Crippen molar-refractivity contribution >= 4 is 31.8 Å². The summed E-state index contributed by atoms with van der Waals surface area (Å²) in [5, 5.41) is 18.0. The topological polar surface area (TPSA) is 56.4 Å². The third kappa shape index (κ3) is 4.17. The van der Waals surface area contributed by atoms with Gasteiger partial charge in [0.05, 0.1) is 14.1 Å². The Morgan fingerprint density at radius 2 is 1.62 bits per heavy atom. The first-order valence-corrected chi connectivity index (χ1v) is 6.95. The van der Waals surface area contributed by atoms with E-state index in [1.165, 1.54) is 0 Å². The summed E-state index contributed by atoms with van der Waals surface area (Å²) in [7, 11) is -3.62. The van der Waals surface area contributed by atoms with Crippen LogP contribution in [0.15, 0.2) is 24.3 Å². The highest BCUT2D eigenvalue weighted by Crippen LogP contribution is 2.29. The number of hydrogen-bond acceptors (Lipinski definition) is 2. The van der Waals surface area contributed by atoms with Gasteiger partial charge in [0, 0.05) is 0 Å². The van der Waals surface area contributed by atoms with E-state index in [0.29, 0.717) is 0 Å². The van der Waals surface area contributed by atoms with Crippen molar-refractivity contribution in [1.82, 2.24) is 4.57 Å². The van der Waals surface area contributed by atoms with Gasteiger partial charge in [-0.2, -0.15) is 10.5 Å². The first-order chi connectivity index (χ1) is 9.70. The zero-order chi connectivity index (χ0) is 16.2. The van der Waals surface area contributed by atoms with Gasteiger partial charge in [-0.15, -0.1) is 0 Å². The Bertz CT molecular complexity index is 670. The van der Waals surface area contributed by atoms with Gasteiger partial charge in [0.25, 0.3) is 0 Å². The molecule has 2 rings (SSSR count). The molecule has 0 bridgehead atoms. The minimum Gasteiger partial charge on any atom is -0.418 e. The van der Waals surface area contributed by atoms with Crippen LogP contribution in [0.2, 0.25) is 0 Å². The third-order valence-electron chi connectivity index (χ3n) is 2.60. The summed E-state index contributed by atoms with van der Waals surface area (Å²) in [4.78, 5) is 0. The van der Waals surface area contributed by atoms with Crippen LogP contribution in [0.25, 0.3) is 11.0 Å². The van der Waals surface area contributed by atoms with Crippen LogP contribution in [0.5, 0.6) is 0 Å². The maximum atomic E-state index is 9.75. The van der Waals surface area contributed by atoms with E-state index in [2.05, 4.69) is 11.6 Å². The smallest absolute Gasteiger partial charge is 0.418 e. The van der Waals surface area contributed by atoms with Gasteiger partial charge in [0.2, 0.25) is 7.92 Å². The molecule has 0 atom stereocenters. The molecule has 0 radical (unpaired) electrons. The van der Waals surface area contributed by atoms with Gasteiger partial charge in [-0.05, 0) is 12.1 Å². The highest BCUT2D eigenvalue weighted by atomic mass is 31.1. The zero-order valence-corrected chi connectivity index (χ0v) is 12.0. The summed E-state index contributed by atoms with van der Waals surface area (Å²) in [6, 6.07) is 7.88. The molecule has 0 aliphatic rings. The predicted molar refractivity (Wildman–Crippen MR) is 72.1 cm³/mol. The Kier molecular flexibility index (Phi) is 5.29. The van der Waals surface area contributed by atoms with Crippen molar-refractivity contribution in [2.75, 3.05) is 0 Å². The van der Waals surface area contributed by atoms with E-state index in [1.54, 1.807) is 0 Å². The molecule has 0 unspecified atom stereocenters. The molecular formula is C11H10BF4N4P. The number of aromatic nitrogens is 2. The molecule has 110 valence electrons. The number of para-hydroxylation sites is 2. The van der Waals surface area contributed by atoms with Crippen LogP contribution in [0.1, 0.15) is 0 Å². The monoisotopic (exact) mass is 316 g/mol. The Morgan fingerprint density at radius 1 is 1.14 bits per heavy atom. The van der Waals surface area contributed by atoms with Crippen LogP contribution in [0.3, 0.4) is 0 Å². The maximum absolute atomic E-state index is 9.75. The van der Waals surface area contributed by atoms with Gasteiger partial charge in [0.1, 0.15) is 11.6 Å². The number of hydrogen-bond donors (Lipinski definition) is 0. The van der Waals surface area contributed by atoms with E-state index in [0.717, 1.165) is 16.6 Å². The highest BCUT2D eigenvalue weighted by Gasteiger charge is 2.28. The molecule has 0 amide bonds. The van der Waals surface area contributed by atoms with Crippen LogP contribution in [-0.2, 0) is 14.1 Å². The molecule has 1 heterocycles. The molecule has 21 heavy (non-hydrogen) atoms. The SMILES string of the molecule is Cn1c(P(C#N)C#N)[n+](C)c2ccccc21.F[B-](F)(F)F. The first-order valence-electron chi connectivity index (χ1n) is 5.61. The molecule has 4 nitrogen and oxygen atoms in total. The third-order valence-corrected chi connectivity index (χ3v) is 4.00. The van der Waals surface area contributed by atoms with E-state index in [-0.39, 0.29) is 0 Å². The van der Waals surface area contributed by atoms with Crippen molar-refractivity contribution in [2.45, 2.75) is 0 Å². The number of aryl methyl sites for hydroxylation is 2. The quantitative estimate of drug-likeness (QED) is 0.351. The van der Waals surface area contributed by atoms with Crippen LogP contribution < -0.4 is 10.1 Å². The van der Waals surface area contributed by atoms with Gasteiger partial charge in [0.15, 0.2) is 11.0 Å². The number of rotatable bonds is 1. The summed E-state index contributed by atoms with van der Waals surface area (Å²) in [6.45, 7) is 0. The van der Waals surface area contributed by atoms with Gasteiger partial charge in [-0.1, -0.05) is 12.1 Å². The molecule has 1 aromatic carbocycles. The van der Waals surface area contributed by atoms with Crippen molar-refractivity contribution in [3.8, 4) is 11.6 Å². The summed E-state index contributed by atoms with van der Waals surface area (Å²) < 4.78 is 42.8. The molecule has 0 fully saturated rings. The normalized spacial score (nSPS) is 10.7. The number of nitrogens with zero attached hydrogens (tertiary/aromatic N) is 4. The predicted octanol–water partition coefficient (Wildman–Crippen LogP) is 2.37. The second kappa shape index (κ2) is 6.56. The van der Waals surface area contributed by atoms with E-state index in [9.17, 15) is 17.3 Å². The number of nitriles is 2. The van der Waals surface area contributed by atoms with Gasteiger partial charge < -0.3 is 17.3 Å². The molecule has 0 saturated heterocycles. The number of imidazole rings is 1. The lowest BCUT2D eigenvalue weighted by Crippen LogP contribution is -2.44. The van der Waals surface area contributed by atoms with Crippen molar-refractivity contribution in [3.05, 3.63) is 24.3 Å². The lowest BCUT2D eigenvalue weighted by atomic mass is 10.3. The highest BCUT2D eigenvalue weighted by molar-refractivity contribution is 7.74. The summed E-state index contributed by atoms with van der Waals surface area (Å²) >= 11 is 0. The lowest BCUT2D eigenvalue weighted by molar-refractivity contribution is -0.626. The zero-order valence-electron chi connectivity index (χ0n) is 11.1. The standard InChI is InChI=1S/C11H10N4P.BF4/c1-14-9-5-3-4-6-10(9)15(2)11(14)16(7-12)8-13;2-1(3,4)5/h3-6H,1-2H3;/q+1;-1. The molecule has 0 aliphatic carbocycles. The van der Waals surface area contributed by atoms with Gasteiger partial charge in [-0.3, -0.25) is 0 Å². The minimum absolute atomic E-state index is 0.779. The van der Waals surface area contributed by atoms with Crippen LogP contribution in [0, 0.1) is 22.1 Å². The Balaban J connectivity index is 0.000000383. The second-order valence-electron chi connectivity index (χ2n) is 3.94. The lowest BCUT2D eigenvalue weighted by Gasteiger charge is -1.95. The van der Waals surface area contributed by atoms with Crippen LogP contribution >= 0.6 is 7.92 Å². The average molecular weight is 316 g/mol. The van der Waals surface area contributed by atoms with E-state index >= 15 is 0 Å². The summed E-state index contributed by atoms with van der Waals surface area (Å²) in [6.07, 6.45) is 0. The number of fused-ring (bicyclic) bond motifs is 1. The van der Waals surface area contributed by atoms with Crippen molar-refractivity contribution in [1.29, 1.82) is 10.5 Å². The fraction of sp³-hybridized carbons (Fsp3) is 0.182. The van der Waals surface area contributed by atoms with Gasteiger partial charge >= 0.3 is 12.8 Å². The minimum atomic E-state index is -6.00. The van der Waals surface area contributed by atoms with Crippen molar-refractivity contribution in [2.24, 2.45) is 14.1 Å². The van der Waals surface area contributed by atoms with Crippen LogP contribution in [-0.4, -0.2) is 11.8 Å². The average Bonchev–Trinajstić information content (AvgIpc) is 2.64. The first kappa shape index (κ1) is 16.9. The van der Waals surface area contributed by atoms with E-state index in [1.807, 2.05) is 47.5 Å². The Labute approximate surface area is 119 Å². The largest absolute Gasteiger partial charge is 0.673 e. The Hall–Kier alpha value is -2.12. The molecule has 1 aromatic heterocycles. The van der Waals surface area contributed by atoms with Gasteiger partial charge in [-0.25, -0.2) is 9.13 Å². The molecule has 0 aliphatic heterocycles. The fourth-order valence-electron chi connectivity index (χ4n) is 1.88. The van der Waals surface area contributed by atoms with E-state index < -0.39 is 15.2 Å². The molecule has 0 N–H and O–H groups in total.